The fourth-order valence-corrected chi connectivity index (χ4v) is 5.08. The minimum Gasteiger partial charge on any atom is -0.339 e. The van der Waals surface area contributed by atoms with E-state index in [1.807, 2.05) is 0 Å². The molecule has 0 unspecified atom stereocenters. The first-order valence-electron chi connectivity index (χ1n) is 10.8. The van der Waals surface area contributed by atoms with Crippen molar-refractivity contribution in [3.05, 3.63) is 30.1 Å². The van der Waals surface area contributed by atoms with Crippen LogP contribution in [0.25, 0.3) is 0 Å². The van der Waals surface area contributed by atoms with E-state index in [1.165, 1.54) is 24.1 Å². The summed E-state index contributed by atoms with van der Waals surface area (Å²) in [6.45, 7) is 2.70. The molecular weight excluding hydrogens is 439 g/mol. The molecule has 1 aromatic rings. The molecule has 0 N–H and O–H groups in total. The number of carbonyl (C=O) groups excluding carboxylic acids is 3. The van der Waals surface area contributed by atoms with Gasteiger partial charge in [0.05, 0.1) is 4.90 Å². The lowest BCUT2D eigenvalue weighted by molar-refractivity contribution is -0.153. The molecule has 11 heteroatoms. The number of carbonyl (C=O) groups is 3. The van der Waals surface area contributed by atoms with E-state index >= 15 is 0 Å². The van der Waals surface area contributed by atoms with Crippen molar-refractivity contribution >= 4 is 27.7 Å². The number of amides is 3. The van der Waals surface area contributed by atoms with Crippen molar-refractivity contribution in [2.45, 2.75) is 30.6 Å². The van der Waals surface area contributed by atoms with E-state index in [2.05, 4.69) is 0 Å². The van der Waals surface area contributed by atoms with Gasteiger partial charge in [0.25, 0.3) is 0 Å². The van der Waals surface area contributed by atoms with Gasteiger partial charge in [-0.25, -0.2) is 17.1 Å². The van der Waals surface area contributed by atoms with Crippen LogP contribution in [0, 0.1) is 5.82 Å². The van der Waals surface area contributed by atoms with Crippen molar-refractivity contribution in [2.24, 2.45) is 0 Å². The van der Waals surface area contributed by atoms with E-state index in [4.69, 9.17) is 0 Å². The number of sulfonamides is 1. The monoisotopic (exact) mass is 468 g/mol. The Morgan fingerprint density at radius 2 is 1.38 bits per heavy atom. The molecule has 0 atom stereocenters. The normalized spacial score (nSPS) is 17.2. The minimum atomic E-state index is -3.75. The van der Waals surface area contributed by atoms with Crippen LogP contribution >= 0.6 is 0 Å². The highest BCUT2D eigenvalue weighted by atomic mass is 32.2. The van der Waals surface area contributed by atoms with Crippen LogP contribution in [-0.4, -0.2) is 98.0 Å². The number of hydrogen-bond donors (Lipinski definition) is 0. The summed E-state index contributed by atoms with van der Waals surface area (Å²) in [4.78, 5) is 41.8. The van der Waals surface area contributed by atoms with Crippen LogP contribution in [0.5, 0.6) is 0 Å². The van der Waals surface area contributed by atoms with Crippen molar-refractivity contribution < 1.29 is 27.2 Å². The Morgan fingerprint density at radius 3 is 1.94 bits per heavy atom. The lowest BCUT2D eigenvalue weighted by Crippen LogP contribution is -2.54. The van der Waals surface area contributed by atoms with E-state index in [1.54, 1.807) is 9.80 Å². The fourth-order valence-electron chi connectivity index (χ4n) is 3.87. The van der Waals surface area contributed by atoms with Gasteiger partial charge < -0.3 is 14.7 Å². The molecule has 0 aromatic heterocycles. The zero-order valence-electron chi connectivity index (χ0n) is 18.2. The van der Waals surface area contributed by atoms with Crippen molar-refractivity contribution in [3.8, 4) is 0 Å². The van der Waals surface area contributed by atoms with E-state index in [9.17, 15) is 27.2 Å². The Kier molecular flexibility index (Phi) is 7.83. The number of likely N-dealkylation sites (tertiary alicyclic amines) is 1. The Labute approximate surface area is 187 Å². The molecule has 2 heterocycles. The molecule has 2 aliphatic heterocycles. The van der Waals surface area contributed by atoms with E-state index in [0.717, 1.165) is 29.3 Å². The van der Waals surface area contributed by atoms with Crippen LogP contribution in [0.1, 0.15) is 25.7 Å². The van der Waals surface area contributed by atoms with Gasteiger partial charge >= 0.3 is 11.8 Å². The molecule has 0 bridgehead atoms. The lowest BCUT2D eigenvalue weighted by atomic mass is 10.2. The van der Waals surface area contributed by atoms with Gasteiger partial charge in [-0.3, -0.25) is 14.4 Å². The Bertz CT molecular complexity index is 939. The Morgan fingerprint density at radius 1 is 0.875 bits per heavy atom. The summed E-state index contributed by atoms with van der Waals surface area (Å²) in [7, 11) is -2.33. The third-order valence-electron chi connectivity index (χ3n) is 5.88. The Hall–Kier alpha value is -2.53. The summed E-state index contributed by atoms with van der Waals surface area (Å²) in [6.07, 6.45) is 2.34. The second-order valence-corrected chi connectivity index (χ2v) is 10.1. The van der Waals surface area contributed by atoms with Gasteiger partial charge in [-0.15, -0.1) is 0 Å². The molecular formula is C21H29FN4O5S. The van der Waals surface area contributed by atoms with Crippen molar-refractivity contribution in [3.63, 3.8) is 0 Å². The van der Waals surface area contributed by atoms with Crippen molar-refractivity contribution in [2.75, 3.05) is 52.9 Å². The van der Waals surface area contributed by atoms with Gasteiger partial charge in [-0.2, -0.15) is 0 Å². The van der Waals surface area contributed by atoms with Gasteiger partial charge in [0.15, 0.2) is 0 Å². The molecule has 176 valence electrons. The third-order valence-corrected chi connectivity index (χ3v) is 7.75. The summed E-state index contributed by atoms with van der Waals surface area (Å²) in [5, 5.41) is 0. The summed E-state index contributed by atoms with van der Waals surface area (Å²) in [6, 6.07) is 4.60. The molecule has 32 heavy (non-hydrogen) atoms. The van der Waals surface area contributed by atoms with Crippen molar-refractivity contribution in [1.29, 1.82) is 0 Å². The van der Waals surface area contributed by atoms with E-state index in [0.29, 0.717) is 45.7 Å². The summed E-state index contributed by atoms with van der Waals surface area (Å²) in [5.74, 6) is -1.60. The third kappa shape index (κ3) is 5.63. The van der Waals surface area contributed by atoms with Crippen LogP contribution in [0.2, 0.25) is 0 Å². The molecule has 0 saturated carbocycles. The van der Waals surface area contributed by atoms with E-state index < -0.39 is 27.7 Å². The molecule has 0 spiro atoms. The van der Waals surface area contributed by atoms with E-state index in [-0.39, 0.29) is 23.8 Å². The summed E-state index contributed by atoms with van der Waals surface area (Å²) < 4.78 is 39.2. The molecule has 3 amide bonds. The first kappa shape index (κ1) is 24.1. The smallest absolute Gasteiger partial charge is 0.312 e. The second-order valence-electron chi connectivity index (χ2n) is 8.06. The number of piperazine rings is 1. The Balaban J connectivity index is 1.41. The SMILES string of the molecule is CN(CCCC(=O)N1CCN(C(=O)C(=O)N2CCCC2)CC1)S(=O)(=O)c1ccc(F)cc1. The highest BCUT2D eigenvalue weighted by Gasteiger charge is 2.31. The number of benzene rings is 1. The fraction of sp³-hybridized carbons (Fsp3) is 0.571. The molecule has 2 aliphatic rings. The zero-order chi connectivity index (χ0) is 23.3. The highest BCUT2D eigenvalue weighted by Crippen LogP contribution is 2.16. The quantitative estimate of drug-likeness (QED) is 0.567. The maximum Gasteiger partial charge on any atom is 0.312 e. The highest BCUT2D eigenvalue weighted by molar-refractivity contribution is 7.89. The largest absolute Gasteiger partial charge is 0.339 e. The molecule has 1 aromatic carbocycles. The summed E-state index contributed by atoms with van der Waals surface area (Å²) in [5.41, 5.74) is 0. The van der Waals surface area contributed by atoms with Gasteiger partial charge in [-0.1, -0.05) is 0 Å². The predicted octanol–water partition coefficient (Wildman–Crippen LogP) is 0.520. The second kappa shape index (κ2) is 10.4. The topological polar surface area (TPSA) is 98.3 Å². The minimum absolute atomic E-state index is 0.00278. The van der Waals surface area contributed by atoms with Crippen LogP contribution in [0.3, 0.4) is 0 Å². The summed E-state index contributed by atoms with van der Waals surface area (Å²) >= 11 is 0. The predicted molar refractivity (Wildman–Crippen MR) is 114 cm³/mol. The van der Waals surface area contributed by atoms with Crippen LogP contribution < -0.4 is 0 Å². The number of rotatable bonds is 6. The standard InChI is InChI=1S/C21H29FN4O5S/c1-23(32(30,31)18-8-6-17(22)7-9-18)10-4-5-19(27)24-13-15-26(16-14-24)21(29)20(28)25-11-2-3-12-25/h6-9H,2-5,10-16H2,1H3. The number of nitrogens with zero attached hydrogens (tertiary/aromatic N) is 4. The van der Waals surface area contributed by atoms with Gasteiger partial charge in [0.1, 0.15) is 5.82 Å². The zero-order valence-corrected chi connectivity index (χ0v) is 19.0. The maximum absolute atomic E-state index is 13.0. The van der Waals surface area contributed by atoms with Crippen LogP contribution in [0.4, 0.5) is 4.39 Å². The van der Waals surface area contributed by atoms with Crippen molar-refractivity contribution in [1.82, 2.24) is 19.0 Å². The van der Waals surface area contributed by atoms with Gasteiger partial charge in [-0.05, 0) is 43.5 Å². The first-order valence-corrected chi connectivity index (χ1v) is 12.2. The molecule has 3 rings (SSSR count). The molecule has 2 saturated heterocycles. The molecule has 0 aliphatic carbocycles. The maximum atomic E-state index is 13.0. The number of halogens is 1. The van der Waals surface area contributed by atoms with Crippen LogP contribution in [-0.2, 0) is 24.4 Å². The molecule has 9 nitrogen and oxygen atoms in total. The molecule has 0 radical (unpaired) electrons. The first-order chi connectivity index (χ1) is 15.2. The average Bonchev–Trinajstić information content (AvgIpc) is 3.33. The van der Waals surface area contributed by atoms with Gasteiger partial charge in [0, 0.05) is 59.3 Å². The van der Waals surface area contributed by atoms with Crippen LogP contribution in [0.15, 0.2) is 29.2 Å². The van der Waals surface area contributed by atoms with Gasteiger partial charge in [0.2, 0.25) is 15.9 Å². The average molecular weight is 469 g/mol. The lowest BCUT2D eigenvalue weighted by Gasteiger charge is -2.35. The molecule has 2 fully saturated rings. The number of hydrogen-bond acceptors (Lipinski definition) is 5.